The van der Waals surface area contributed by atoms with Crippen molar-refractivity contribution in [3.8, 4) is 5.75 Å². The molecule has 2 aromatic rings. The molecule has 8 heteroatoms. The Morgan fingerprint density at radius 2 is 1.86 bits per heavy atom. The number of aliphatic carboxylic acids is 1. The van der Waals surface area contributed by atoms with Crippen LogP contribution in [0.25, 0.3) is 5.76 Å². The summed E-state index contributed by atoms with van der Waals surface area (Å²) in [4.78, 5) is 41.8. The number of amides is 1. The number of carbonyl (C=O) groups excluding carboxylic acids is 2. The number of ether oxygens (including phenoxy) is 1. The zero-order valence-corrected chi connectivity index (χ0v) is 15.7. The number of aromatic nitrogens is 1. The van der Waals surface area contributed by atoms with Crippen LogP contribution in [0.5, 0.6) is 5.75 Å². The quantitative estimate of drug-likeness (QED) is 0.419. The number of rotatable bonds is 7. The van der Waals surface area contributed by atoms with Crippen LogP contribution in [-0.2, 0) is 14.4 Å². The Morgan fingerprint density at radius 3 is 2.45 bits per heavy atom. The Hall–Kier alpha value is -3.68. The molecule has 0 bridgehead atoms. The van der Waals surface area contributed by atoms with Crippen molar-refractivity contribution in [2.45, 2.75) is 18.9 Å². The molecule has 1 saturated heterocycles. The van der Waals surface area contributed by atoms with Crippen molar-refractivity contribution < 1.29 is 29.3 Å². The van der Waals surface area contributed by atoms with E-state index in [9.17, 15) is 19.5 Å². The van der Waals surface area contributed by atoms with Gasteiger partial charge in [-0.15, -0.1) is 0 Å². The minimum atomic E-state index is -0.991. The summed E-state index contributed by atoms with van der Waals surface area (Å²) >= 11 is 0. The minimum absolute atomic E-state index is 0.0531. The predicted octanol–water partition coefficient (Wildman–Crippen LogP) is 2.38. The van der Waals surface area contributed by atoms with Crippen LogP contribution in [0, 0.1) is 0 Å². The number of likely N-dealkylation sites (tertiary alicyclic amines) is 1. The molecule has 2 heterocycles. The summed E-state index contributed by atoms with van der Waals surface area (Å²) in [6.45, 7) is 0.0531. The number of hydrogen-bond acceptors (Lipinski definition) is 6. The van der Waals surface area contributed by atoms with E-state index in [0.29, 0.717) is 17.0 Å². The Bertz CT molecular complexity index is 953. The first kappa shape index (κ1) is 20.1. The van der Waals surface area contributed by atoms with Gasteiger partial charge in [-0.05, 0) is 42.8 Å². The van der Waals surface area contributed by atoms with Crippen LogP contribution in [-0.4, -0.2) is 51.4 Å². The number of benzene rings is 1. The summed E-state index contributed by atoms with van der Waals surface area (Å²) in [6.07, 6.45) is 1.56. The van der Waals surface area contributed by atoms with Gasteiger partial charge < -0.3 is 19.8 Å². The van der Waals surface area contributed by atoms with Gasteiger partial charge in [0.25, 0.3) is 11.7 Å². The molecular weight excluding hydrogens is 376 g/mol. The molecule has 1 aromatic carbocycles. The number of methoxy groups -OCH3 is 1. The lowest BCUT2D eigenvalue weighted by molar-refractivity contribution is -0.140. The molecule has 0 radical (unpaired) electrons. The maximum absolute atomic E-state index is 12.8. The predicted molar refractivity (Wildman–Crippen MR) is 103 cm³/mol. The fraction of sp³-hybridized carbons (Fsp3) is 0.238. The van der Waals surface area contributed by atoms with Crippen molar-refractivity contribution in [2.24, 2.45) is 0 Å². The molecule has 1 aromatic heterocycles. The molecule has 1 fully saturated rings. The largest absolute Gasteiger partial charge is 0.507 e. The van der Waals surface area contributed by atoms with E-state index in [2.05, 4.69) is 4.98 Å². The average Bonchev–Trinajstić information content (AvgIpc) is 2.98. The summed E-state index contributed by atoms with van der Waals surface area (Å²) < 4.78 is 5.10. The van der Waals surface area contributed by atoms with Crippen molar-refractivity contribution in [1.29, 1.82) is 0 Å². The summed E-state index contributed by atoms with van der Waals surface area (Å²) in [5.41, 5.74) is 0.696. The van der Waals surface area contributed by atoms with E-state index in [1.54, 1.807) is 42.5 Å². The van der Waals surface area contributed by atoms with Gasteiger partial charge in [0.1, 0.15) is 17.6 Å². The van der Waals surface area contributed by atoms with E-state index < -0.39 is 23.7 Å². The number of hydrogen-bond donors (Lipinski definition) is 2. The highest BCUT2D eigenvalue weighted by Crippen LogP contribution is 2.38. The second kappa shape index (κ2) is 8.55. The maximum atomic E-state index is 12.8. The number of pyridine rings is 1. The zero-order chi connectivity index (χ0) is 21.0. The number of carbonyl (C=O) groups is 3. The van der Waals surface area contributed by atoms with Gasteiger partial charge in [0.05, 0.1) is 18.4 Å². The molecule has 1 atom stereocenters. The summed E-state index contributed by atoms with van der Waals surface area (Å²) in [7, 11) is 1.51. The van der Waals surface area contributed by atoms with Crippen LogP contribution in [0.3, 0.4) is 0 Å². The summed E-state index contributed by atoms with van der Waals surface area (Å²) in [5, 5.41) is 19.7. The van der Waals surface area contributed by atoms with Crippen LogP contribution in [0.2, 0.25) is 0 Å². The van der Waals surface area contributed by atoms with Crippen LogP contribution in [0.4, 0.5) is 0 Å². The molecular formula is C21H20N2O6. The maximum Gasteiger partial charge on any atom is 0.303 e. The van der Waals surface area contributed by atoms with Crippen molar-refractivity contribution >= 4 is 23.4 Å². The minimum Gasteiger partial charge on any atom is -0.507 e. The van der Waals surface area contributed by atoms with Crippen LogP contribution in [0.15, 0.2) is 54.2 Å². The van der Waals surface area contributed by atoms with E-state index in [-0.39, 0.29) is 30.7 Å². The second-order valence-corrected chi connectivity index (χ2v) is 6.47. The fourth-order valence-corrected chi connectivity index (χ4v) is 3.26. The molecule has 8 nitrogen and oxygen atoms in total. The lowest BCUT2D eigenvalue weighted by Gasteiger charge is -2.24. The Labute approximate surface area is 167 Å². The third-order valence-corrected chi connectivity index (χ3v) is 4.66. The van der Waals surface area contributed by atoms with E-state index in [0.717, 1.165) is 0 Å². The van der Waals surface area contributed by atoms with E-state index in [1.807, 2.05) is 0 Å². The molecule has 0 aliphatic carbocycles. The van der Waals surface area contributed by atoms with E-state index >= 15 is 0 Å². The van der Waals surface area contributed by atoms with E-state index in [4.69, 9.17) is 9.84 Å². The van der Waals surface area contributed by atoms with Crippen molar-refractivity contribution in [3.05, 3.63) is 65.5 Å². The molecule has 1 aliphatic heterocycles. The summed E-state index contributed by atoms with van der Waals surface area (Å²) in [6, 6.07) is 10.6. The van der Waals surface area contributed by atoms with Gasteiger partial charge in [-0.25, -0.2) is 0 Å². The van der Waals surface area contributed by atoms with Crippen LogP contribution < -0.4 is 4.74 Å². The van der Waals surface area contributed by atoms with Gasteiger partial charge in [-0.2, -0.15) is 0 Å². The fourth-order valence-electron chi connectivity index (χ4n) is 3.26. The van der Waals surface area contributed by atoms with Crippen molar-refractivity contribution in [1.82, 2.24) is 9.88 Å². The highest BCUT2D eigenvalue weighted by atomic mass is 16.5. The monoisotopic (exact) mass is 396 g/mol. The zero-order valence-electron chi connectivity index (χ0n) is 15.7. The van der Waals surface area contributed by atoms with Gasteiger partial charge in [0.2, 0.25) is 0 Å². The van der Waals surface area contributed by atoms with Gasteiger partial charge in [-0.3, -0.25) is 19.4 Å². The Morgan fingerprint density at radius 1 is 1.14 bits per heavy atom. The Balaban J connectivity index is 2.06. The number of ketones is 1. The van der Waals surface area contributed by atoms with Gasteiger partial charge in [0.15, 0.2) is 0 Å². The molecule has 0 saturated carbocycles. The van der Waals surface area contributed by atoms with E-state index in [1.165, 1.54) is 18.2 Å². The highest BCUT2D eigenvalue weighted by molar-refractivity contribution is 6.46. The molecule has 1 aliphatic rings. The number of Topliss-reactive ketones (excluding diaryl/α,β-unsaturated/α-hetero) is 1. The number of aliphatic hydroxyl groups excluding tert-OH is 1. The van der Waals surface area contributed by atoms with Crippen molar-refractivity contribution in [3.63, 3.8) is 0 Å². The van der Waals surface area contributed by atoms with Gasteiger partial charge >= 0.3 is 5.97 Å². The molecule has 0 spiro atoms. The smallest absolute Gasteiger partial charge is 0.303 e. The standard InChI is InChI=1S/C21H20N2O6/c1-29-14-9-7-13(8-10-14)19(26)17-18(15-5-2-3-11-22-15)23(21(28)20(17)27)12-4-6-16(24)25/h2-3,5,7-11,18,26H,4,6,12H2,1H3,(H,24,25)/t18-/m0/s1. The molecule has 1 amide bonds. The molecule has 0 unspecified atom stereocenters. The Kier molecular flexibility index (Phi) is 5.92. The normalized spacial score (nSPS) is 18.1. The third kappa shape index (κ3) is 4.11. The lowest BCUT2D eigenvalue weighted by Crippen LogP contribution is -2.31. The lowest BCUT2D eigenvalue weighted by atomic mass is 9.98. The third-order valence-electron chi connectivity index (χ3n) is 4.66. The first-order valence-corrected chi connectivity index (χ1v) is 8.99. The second-order valence-electron chi connectivity index (χ2n) is 6.47. The van der Waals surface area contributed by atoms with Gasteiger partial charge in [0, 0.05) is 24.7 Å². The first-order valence-electron chi connectivity index (χ1n) is 8.99. The number of nitrogens with zero attached hydrogens (tertiary/aromatic N) is 2. The number of aliphatic hydroxyl groups is 1. The molecule has 29 heavy (non-hydrogen) atoms. The average molecular weight is 396 g/mol. The first-order chi connectivity index (χ1) is 13.9. The SMILES string of the molecule is COc1ccc(C(O)=C2C(=O)C(=O)N(CCCC(=O)O)[C@H]2c2ccccn2)cc1. The van der Waals surface area contributed by atoms with Gasteiger partial charge in [-0.1, -0.05) is 6.07 Å². The topological polar surface area (TPSA) is 117 Å². The van der Waals surface area contributed by atoms with Crippen molar-refractivity contribution in [2.75, 3.05) is 13.7 Å². The van der Waals surface area contributed by atoms with Crippen LogP contribution >= 0.6 is 0 Å². The molecule has 2 N–H and O–H groups in total. The highest BCUT2D eigenvalue weighted by Gasteiger charge is 2.46. The van der Waals surface area contributed by atoms with Crippen LogP contribution in [0.1, 0.15) is 30.1 Å². The summed E-state index contributed by atoms with van der Waals surface area (Å²) in [5.74, 6) is -2.35. The number of carboxylic acid groups (broad SMARTS) is 1. The molecule has 3 rings (SSSR count). The molecule has 150 valence electrons. The number of carboxylic acids is 1.